The van der Waals surface area contributed by atoms with Gasteiger partial charge in [0.2, 0.25) is 0 Å². The summed E-state index contributed by atoms with van der Waals surface area (Å²) in [6.07, 6.45) is 3.27. The van der Waals surface area contributed by atoms with Crippen LogP contribution in [0.1, 0.15) is 0 Å². The second-order valence-electron chi connectivity index (χ2n) is 3.66. The van der Waals surface area contributed by atoms with Crippen molar-refractivity contribution in [1.29, 1.82) is 0 Å². The molecule has 96 valence electrons. The molecule has 0 aliphatic heterocycles. The molecule has 0 aliphatic carbocycles. The molecule has 0 atom stereocenters. The highest BCUT2D eigenvalue weighted by molar-refractivity contribution is 6.55. The van der Waals surface area contributed by atoms with Gasteiger partial charge < -0.3 is 0 Å². The van der Waals surface area contributed by atoms with E-state index < -0.39 is 0 Å². The van der Waals surface area contributed by atoms with Gasteiger partial charge in [-0.1, -0.05) is 51.6 Å². The lowest BCUT2D eigenvalue weighted by molar-refractivity contribution is 0.822. The summed E-state index contributed by atoms with van der Waals surface area (Å²) in [5, 5.41) is 8.85. The van der Waals surface area contributed by atoms with Crippen LogP contribution in [0, 0.1) is 0 Å². The fourth-order valence-electron chi connectivity index (χ4n) is 1.69. The first-order chi connectivity index (χ1) is 9.11. The molecule has 2 heterocycles. The van der Waals surface area contributed by atoms with E-state index in [-0.39, 0.29) is 20.1 Å². The summed E-state index contributed by atoms with van der Waals surface area (Å²) in [5.41, 5.74) is 1.65. The first-order valence-electron chi connectivity index (χ1n) is 5.09. The van der Waals surface area contributed by atoms with Gasteiger partial charge in [-0.05, 0) is 12.1 Å². The van der Waals surface area contributed by atoms with Crippen LogP contribution in [0.2, 0.25) is 20.1 Å². The minimum atomic E-state index is 0.169. The van der Waals surface area contributed by atoms with Crippen molar-refractivity contribution in [2.75, 3.05) is 0 Å². The van der Waals surface area contributed by atoms with E-state index in [0.717, 1.165) is 5.69 Å². The van der Waals surface area contributed by atoms with E-state index in [0.29, 0.717) is 11.0 Å². The van der Waals surface area contributed by atoms with Crippen molar-refractivity contribution in [3.63, 3.8) is 0 Å². The Labute approximate surface area is 127 Å². The zero-order chi connectivity index (χ0) is 13.6. The van der Waals surface area contributed by atoms with Gasteiger partial charge in [0.15, 0.2) is 0 Å². The number of benzene rings is 1. The molecule has 0 saturated heterocycles. The maximum absolute atomic E-state index is 6.21. The van der Waals surface area contributed by atoms with Crippen LogP contribution >= 0.6 is 46.4 Å². The Hall–Kier alpha value is -1.07. The van der Waals surface area contributed by atoms with Crippen molar-refractivity contribution >= 4 is 57.4 Å². The molecule has 0 fully saturated rings. The van der Waals surface area contributed by atoms with Gasteiger partial charge in [-0.15, -0.1) is 5.10 Å². The normalized spacial score (nSPS) is 11.2. The zero-order valence-electron chi connectivity index (χ0n) is 9.11. The van der Waals surface area contributed by atoms with Gasteiger partial charge in [-0.2, -0.15) is 0 Å². The third-order valence-electron chi connectivity index (χ3n) is 2.57. The van der Waals surface area contributed by atoms with Gasteiger partial charge >= 0.3 is 0 Å². The molecule has 4 nitrogen and oxygen atoms in total. The Morgan fingerprint density at radius 3 is 2.16 bits per heavy atom. The van der Waals surface area contributed by atoms with E-state index in [1.54, 1.807) is 24.5 Å². The van der Waals surface area contributed by atoms with Crippen LogP contribution < -0.4 is 0 Å². The molecule has 0 aliphatic rings. The van der Waals surface area contributed by atoms with Gasteiger partial charge in [0, 0.05) is 12.4 Å². The second-order valence-corrected chi connectivity index (χ2v) is 5.17. The summed E-state index contributed by atoms with van der Waals surface area (Å²) in [6, 6.07) is 3.53. The van der Waals surface area contributed by atoms with E-state index in [1.165, 1.54) is 4.68 Å². The van der Waals surface area contributed by atoms with E-state index in [4.69, 9.17) is 46.4 Å². The first kappa shape index (κ1) is 12.9. The average Bonchev–Trinajstić information content (AvgIpc) is 2.88. The smallest absolute Gasteiger partial charge is 0.135 e. The predicted octanol–water partition coefficient (Wildman–Crippen LogP) is 4.43. The molecule has 2 aromatic heterocycles. The van der Waals surface area contributed by atoms with Gasteiger partial charge in [0.25, 0.3) is 0 Å². The molecular formula is C11H4Cl4N4. The Morgan fingerprint density at radius 2 is 1.47 bits per heavy atom. The Morgan fingerprint density at radius 1 is 0.842 bits per heavy atom. The highest BCUT2D eigenvalue weighted by Crippen LogP contribution is 2.42. The number of aromatic nitrogens is 4. The van der Waals surface area contributed by atoms with Crippen LogP contribution in [0.5, 0.6) is 0 Å². The first-order valence-corrected chi connectivity index (χ1v) is 6.60. The molecule has 0 bridgehead atoms. The molecular weight excluding hydrogens is 330 g/mol. The lowest BCUT2D eigenvalue weighted by Crippen LogP contribution is -1.97. The number of nitrogens with zero attached hydrogens (tertiary/aromatic N) is 4. The Bertz CT molecular complexity index is 769. The van der Waals surface area contributed by atoms with E-state index >= 15 is 0 Å². The van der Waals surface area contributed by atoms with E-state index in [2.05, 4.69) is 15.3 Å². The quantitative estimate of drug-likeness (QED) is 0.488. The minimum Gasteiger partial charge on any atom is -0.265 e. The summed E-state index contributed by atoms with van der Waals surface area (Å²) in [5.74, 6) is 0. The number of hydrogen-bond donors (Lipinski definition) is 0. The number of hydrogen-bond acceptors (Lipinski definition) is 3. The third-order valence-corrected chi connectivity index (χ3v) is 4.35. The van der Waals surface area contributed by atoms with Crippen molar-refractivity contribution in [2.24, 2.45) is 0 Å². The van der Waals surface area contributed by atoms with Crippen LogP contribution in [0.4, 0.5) is 0 Å². The van der Waals surface area contributed by atoms with Gasteiger partial charge in [-0.3, -0.25) is 4.98 Å². The van der Waals surface area contributed by atoms with E-state index in [9.17, 15) is 0 Å². The SMILES string of the molecule is Clc1c(Cl)c(Cl)c2c(nnn2-c2ccncc2)c1Cl. The standard InChI is InChI=1S/C11H4Cl4N4/c12-6-7(13)9(15)11-10(8(6)14)17-18-19(11)5-1-3-16-4-2-5/h1-4H. The second kappa shape index (κ2) is 4.80. The maximum Gasteiger partial charge on any atom is 0.135 e. The summed E-state index contributed by atoms with van der Waals surface area (Å²) >= 11 is 24.3. The maximum atomic E-state index is 6.21. The Balaban J connectivity index is 2.42. The predicted molar refractivity (Wildman–Crippen MR) is 76.7 cm³/mol. The lowest BCUT2D eigenvalue weighted by atomic mass is 10.3. The molecule has 19 heavy (non-hydrogen) atoms. The molecule has 3 rings (SSSR count). The number of rotatable bonds is 1. The van der Waals surface area contributed by atoms with Crippen molar-refractivity contribution in [3.8, 4) is 5.69 Å². The van der Waals surface area contributed by atoms with Gasteiger partial charge in [0.1, 0.15) is 11.0 Å². The van der Waals surface area contributed by atoms with Crippen molar-refractivity contribution in [1.82, 2.24) is 20.0 Å². The fraction of sp³-hybridized carbons (Fsp3) is 0. The Kier molecular flexibility index (Phi) is 3.27. The number of pyridine rings is 1. The van der Waals surface area contributed by atoms with Crippen LogP contribution in [0.3, 0.4) is 0 Å². The summed E-state index contributed by atoms with van der Waals surface area (Å²) in [6.45, 7) is 0. The summed E-state index contributed by atoms with van der Waals surface area (Å²) in [7, 11) is 0. The van der Waals surface area contributed by atoms with Crippen LogP contribution in [-0.2, 0) is 0 Å². The molecule has 0 spiro atoms. The van der Waals surface area contributed by atoms with Crippen molar-refractivity contribution in [2.45, 2.75) is 0 Å². The molecule has 0 radical (unpaired) electrons. The topological polar surface area (TPSA) is 43.6 Å². The highest BCUT2D eigenvalue weighted by Gasteiger charge is 2.20. The number of fused-ring (bicyclic) bond motifs is 1. The van der Waals surface area contributed by atoms with Crippen molar-refractivity contribution in [3.05, 3.63) is 44.6 Å². The summed E-state index contributed by atoms with van der Waals surface area (Å²) in [4.78, 5) is 3.94. The van der Waals surface area contributed by atoms with Crippen LogP contribution in [-0.4, -0.2) is 20.0 Å². The average molecular weight is 334 g/mol. The van der Waals surface area contributed by atoms with Crippen LogP contribution in [0.15, 0.2) is 24.5 Å². The van der Waals surface area contributed by atoms with Crippen LogP contribution in [0.25, 0.3) is 16.7 Å². The third kappa shape index (κ3) is 1.96. The van der Waals surface area contributed by atoms with Gasteiger partial charge in [-0.25, -0.2) is 4.68 Å². The monoisotopic (exact) mass is 332 g/mol. The van der Waals surface area contributed by atoms with E-state index in [1.807, 2.05) is 0 Å². The number of halogens is 4. The molecule has 3 aromatic rings. The largest absolute Gasteiger partial charge is 0.265 e. The fourth-order valence-corrected chi connectivity index (χ4v) is 2.64. The lowest BCUT2D eigenvalue weighted by Gasteiger charge is -2.06. The molecule has 0 saturated carbocycles. The molecule has 0 unspecified atom stereocenters. The molecule has 0 amide bonds. The molecule has 8 heteroatoms. The molecule has 1 aromatic carbocycles. The summed E-state index contributed by atoms with van der Waals surface area (Å²) < 4.78 is 1.54. The van der Waals surface area contributed by atoms with Gasteiger partial charge in [0.05, 0.1) is 25.8 Å². The van der Waals surface area contributed by atoms with Crippen molar-refractivity contribution < 1.29 is 0 Å². The minimum absolute atomic E-state index is 0.169. The highest BCUT2D eigenvalue weighted by atomic mass is 35.5. The molecule has 0 N–H and O–H groups in total. The zero-order valence-corrected chi connectivity index (χ0v) is 12.1.